The zero-order chi connectivity index (χ0) is 17.1. The van der Waals surface area contributed by atoms with Crippen LogP contribution in [0, 0.1) is 5.82 Å². The molecule has 0 bridgehead atoms. The Morgan fingerprint density at radius 3 is 2.71 bits per heavy atom. The molecule has 0 spiro atoms. The van der Waals surface area contributed by atoms with Gasteiger partial charge in [-0.15, -0.1) is 0 Å². The van der Waals surface area contributed by atoms with Crippen LogP contribution in [0.4, 0.5) is 10.2 Å². The minimum Gasteiger partial charge on any atom is -0.388 e. The lowest BCUT2D eigenvalue weighted by Gasteiger charge is -2.27. The van der Waals surface area contributed by atoms with Gasteiger partial charge in [-0.1, -0.05) is 12.1 Å². The molecule has 1 aromatic carbocycles. The van der Waals surface area contributed by atoms with Gasteiger partial charge in [-0.3, -0.25) is 4.79 Å². The largest absolute Gasteiger partial charge is 0.388 e. The predicted molar refractivity (Wildman–Crippen MR) is 90.6 cm³/mol. The standard InChI is InChI=1S/C19H21FN2O2/c1-13(23)15-6-9-19(21-12-15)22-10-2-3-17(22)11-18(24)14-4-7-16(20)8-5-14/h4-9,12,17-18,24H,2-3,10-11H2,1H3/t17-,18-/m0/s1. The van der Waals surface area contributed by atoms with Gasteiger partial charge in [0.1, 0.15) is 11.6 Å². The fourth-order valence-electron chi connectivity index (χ4n) is 3.23. The van der Waals surface area contributed by atoms with Crippen molar-refractivity contribution in [3.63, 3.8) is 0 Å². The van der Waals surface area contributed by atoms with Crippen LogP contribution < -0.4 is 4.90 Å². The van der Waals surface area contributed by atoms with Crippen molar-refractivity contribution in [2.24, 2.45) is 0 Å². The van der Waals surface area contributed by atoms with Gasteiger partial charge >= 0.3 is 0 Å². The number of halogens is 1. The van der Waals surface area contributed by atoms with Crippen molar-refractivity contribution < 1.29 is 14.3 Å². The monoisotopic (exact) mass is 328 g/mol. The lowest BCUT2D eigenvalue weighted by molar-refractivity contribution is 0.101. The van der Waals surface area contributed by atoms with Gasteiger partial charge in [-0.25, -0.2) is 9.37 Å². The number of anilines is 1. The third-order valence-corrected chi connectivity index (χ3v) is 4.58. The van der Waals surface area contributed by atoms with Gasteiger partial charge in [-0.05, 0) is 56.0 Å². The van der Waals surface area contributed by atoms with Crippen LogP contribution in [-0.2, 0) is 0 Å². The maximum atomic E-state index is 13.0. The van der Waals surface area contributed by atoms with E-state index in [1.165, 1.54) is 19.1 Å². The number of hydrogen-bond donors (Lipinski definition) is 1. The summed E-state index contributed by atoms with van der Waals surface area (Å²) < 4.78 is 13.0. The summed E-state index contributed by atoms with van der Waals surface area (Å²) in [4.78, 5) is 17.9. The summed E-state index contributed by atoms with van der Waals surface area (Å²) in [6.07, 6.45) is 3.56. The van der Waals surface area contributed by atoms with Crippen molar-refractivity contribution in [2.45, 2.75) is 38.3 Å². The van der Waals surface area contributed by atoms with E-state index in [1.807, 2.05) is 6.07 Å². The number of carbonyl (C=O) groups is 1. The molecule has 0 saturated carbocycles. The summed E-state index contributed by atoms with van der Waals surface area (Å²) in [7, 11) is 0. The number of nitrogens with zero attached hydrogens (tertiary/aromatic N) is 2. The predicted octanol–water partition coefficient (Wildman–Crippen LogP) is 3.52. The molecule has 2 aromatic rings. The molecule has 2 heterocycles. The van der Waals surface area contributed by atoms with Gasteiger partial charge in [0.25, 0.3) is 0 Å². The van der Waals surface area contributed by atoms with Crippen LogP contribution >= 0.6 is 0 Å². The summed E-state index contributed by atoms with van der Waals surface area (Å²) in [5.74, 6) is 0.524. The third kappa shape index (κ3) is 3.62. The van der Waals surface area contributed by atoms with E-state index in [1.54, 1.807) is 24.4 Å². The molecule has 3 rings (SSSR count). The molecular weight excluding hydrogens is 307 g/mol. The molecule has 126 valence electrons. The van der Waals surface area contributed by atoms with Crippen LogP contribution in [0.1, 0.15) is 48.2 Å². The van der Waals surface area contributed by atoms with Crippen molar-refractivity contribution in [1.82, 2.24) is 4.98 Å². The molecule has 1 fully saturated rings. The van der Waals surface area contributed by atoms with Crippen LogP contribution in [0.15, 0.2) is 42.6 Å². The number of Topliss-reactive ketones (excluding diaryl/α,β-unsaturated/α-hetero) is 1. The Labute approximate surface area is 141 Å². The van der Waals surface area contributed by atoms with E-state index < -0.39 is 6.10 Å². The molecule has 1 aromatic heterocycles. The van der Waals surface area contributed by atoms with Crippen LogP contribution in [0.2, 0.25) is 0 Å². The minimum absolute atomic E-state index is 0.00115. The summed E-state index contributed by atoms with van der Waals surface area (Å²) in [6.45, 7) is 2.40. The zero-order valence-electron chi connectivity index (χ0n) is 13.7. The third-order valence-electron chi connectivity index (χ3n) is 4.58. The van der Waals surface area contributed by atoms with Crippen molar-refractivity contribution in [2.75, 3.05) is 11.4 Å². The number of aromatic nitrogens is 1. The Balaban J connectivity index is 1.70. The van der Waals surface area contributed by atoms with Crippen molar-refractivity contribution in [3.8, 4) is 0 Å². The highest BCUT2D eigenvalue weighted by Crippen LogP contribution is 2.30. The quantitative estimate of drug-likeness (QED) is 0.853. The molecular formula is C19H21FN2O2. The lowest BCUT2D eigenvalue weighted by Crippen LogP contribution is -2.31. The van der Waals surface area contributed by atoms with E-state index in [0.29, 0.717) is 12.0 Å². The van der Waals surface area contributed by atoms with Crippen LogP contribution in [-0.4, -0.2) is 28.5 Å². The molecule has 1 N–H and O–H groups in total. The van der Waals surface area contributed by atoms with Gasteiger partial charge in [0.15, 0.2) is 5.78 Å². The van der Waals surface area contributed by atoms with Gasteiger partial charge in [0.2, 0.25) is 0 Å². The zero-order valence-corrected chi connectivity index (χ0v) is 13.7. The number of pyridine rings is 1. The summed E-state index contributed by atoms with van der Waals surface area (Å²) >= 11 is 0. The number of aliphatic hydroxyl groups is 1. The molecule has 1 aliphatic heterocycles. The maximum Gasteiger partial charge on any atom is 0.161 e. The number of rotatable bonds is 5. The van der Waals surface area contributed by atoms with Crippen LogP contribution in [0.25, 0.3) is 0 Å². The van der Waals surface area contributed by atoms with Crippen molar-refractivity contribution in [3.05, 3.63) is 59.5 Å². The molecule has 0 unspecified atom stereocenters. The van der Waals surface area contributed by atoms with Gasteiger partial charge in [0.05, 0.1) is 6.10 Å². The Morgan fingerprint density at radius 1 is 1.33 bits per heavy atom. The first kappa shape index (κ1) is 16.6. The summed E-state index contributed by atoms with van der Waals surface area (Å²) in [6, 6.07) is 9.81. The normalized spacial score (nSPS) is 18.6. The molecule has 0 amide bonds. The van der Waals surface area contributed by atoms with E-state index in [-0.39, 0.29) is 17.6 Å². The van der Waals surface area contributed by atoms with Crippen molar-refractivity contribution >= 4 is 11.6 Å². The second-order valence-electron chi connectivity index (χ2n) is 6.25. The fourth-order valence-corrected chi connectivity index (χ4v) is 3.23. The lowest BCUT2D eigenvalue weighted by atomic mass is 10.0. The van der Waals surface area contributed by atoms with Crippen molar-refractivity contribution in [1.29, 1.82) is 0 Å². The molecule has 1 saturated heterocycles. The number of aliphatic hydroxyl groups excluding tert-OH is 1. The second-order valence-corrected chi connectivity index (χ2v) is 6.25. The van der Waals surface area contributed by atoms with Gasteiger partial charge < -0.3 is 10.0 Å². The average Bonchev–Trinajstić information content (AvgIpc) is 3.03. The van der Waals surface area contributed by atoms with Gasteiger partial charge in [-0.2, -0.15) is 0 Å². The molecule has 5 heteroatoms. The summed E-state index contributed by atoms with van der Waals surface area (Å²) in [5.41, 5.74) is 1.32. The SMILES string of the molecule is CC(=O)c1ccc(N2CCC[C@H]2C[C@H](O)c2ccc(F)cc2)nc1. The number of ketones is 1. The Bertz CT molecular complexity index is 700. The Morgan fingerprint density at radius 2 is 2.08 bits per heavy atom. The number of carbonyl (C=O) groups excluding carboxylic acids is 1. The molecule has 0 aliphatic carbocycles. The van der Waals surface area contributed by atoms with Crippen LogP contribution in [0.5, 0.6) is 0 Å². The highest BCUT2D eigenvalue weighted by molar-refractivity contribution is 5.93. The minimum atomic E-state index is -0.632. The number of benzene rings is 1. The molecule has 24 heavy (non-hydrogen) atoms. The molecule has 4 nitrogen and oxygen atoms in total. The number of hydrogen-bond acceptors (Lipinski definition) is 4. The highest BCUT2D eigenvalue weighted by atomic mass is 19.1. The first-order valence-electron chi connectivity index (χ1n) is 8.22. The second kappa shape index (κ2) is 7.09. The molecule has 1 aliphatic rings. The fraction of sp³-hybridized carbons (Fsp3) is 0.368. The van der Waals surface area contributed by atoms with Crippen LogP contribution in [0.3, 0.4) is 0 Å². The smallest absolute Gasteiger partial charge is 0.161 e. The molecule has 0 radical (unpaired) electrons. The van der Waals surface area contributed by atoms with E-state index in [0.717, 1.165) is 30.8 Å². The first-order chi connectivity index (χ1) is 11.5. The first-order valence-corrected chi connectivity index (χ1v) is 8.22. The van der Waals surface area contributed by atoms with E-state index in [9.17, 15) is 14.3 Å². The Hall–Kier alpha value is -2.27. The van der Waals surface area contributed by atoms with Gasteiger partial charge in [0, 0.05) is 24.3 Å². The van der Waals surface area contributed by atoms with E-state index >= 15 is 0 Å². The highest BCUT2D eigenvalue weighted by Gasteiger charge is 2.28. The summed E-state index contributed by atoms with van der Waals surface area (Å²) in [5, 5.41) is 10.4. The maximum absolute atomic E-state index is 13.0. The molecule has 2 atom stereocenters. The topological polar surface area (TPSA) is 53.4 Å². The Kier molecular flexibility index (Phi) is 4.90. The van der Waals surface area contributed by atoms with E-state index in [2.05, 4.69) is 9.88 Å². The van der Waals surface area contributed by atoms with E-state index in [4.69, 9.17) is 0 Å². The average molecular weight is 328 g/mol.